The van der Waals surface area contributed by atoms with Crippen LogP contribution in [0.5, 0.6) is 0 Å². The van der Waals surface area contributed by atoms with E-state index in [2.05, 4.69) is 163 Å². The van der Waals surface area contributed by atoms with Gasteiger partial charge in [0.15, 0.2) is 0 Å². The van der Waals surface area contributed by atoms with Gasteiger partial charge in [0.2, 0.25) is 0 Å². The minimum absolute atomic E-state index is 0.0769. The fraction of sp³-hybridized carbons (Fsp3) is 0.0667. The second kappa shape index (κ2) is 9.05. The Morgan fingerprint density at radius 2 is 1.15 bits per heavy atom. The van der Waals surface area contributed by atoms with Gasteiger partial charge in [-0.3, -0.25) is 0 Å². The summed E-state index contributed by atoms with van der Waals surface area (Å²) in [4.78, 5) is 0. The molecule has 11 rings (SSSR count). The third-order valence-electron chi connectivity index (χ3n) is 10.9. The summed E-state index contributed by atoms with van der Waals surface area (Å²) >= 11 is 0. The first-order valence-corrected chi connectivity index (χ1v) is 16.7. The number of furan rings is 1. The van der Waals surface area contributed by atoms with Gasteiger partial charge in [-0.15, -0.1) is 0 Å². The van der Waals surface area contributed by atoms with Crippen molar-refractivity contribution < 1.29 is 4.42 Å². The molecule has 0 N–H and O–H groups in total. The predicted molar refractivity (Wildman–Crippen MR) is 200 cm³/mol. The minimum atomic E-state index is -0.0769. The Hall–Kier alpha value is -6.06. The van der Waals surface area contributed by atoms with E-state index in [1.807, 2.05) is 6.07 Å². The molecule has 0 spiro atoms. The van der Waals surface area contributed by atoms with Crippen LogP contribution in [-0.2, 0) is 5.41 Å². The van der Waals surface area contributed by atoms with E-state index >= 15 is 0 Å². The lowest BCUT2D eigenvalue weighted by Crippen LogP contribution is -2.15. The van der Waals surface area contributed by atoms with E-state index in [0.29, 0.717) is 0 Å². The summed E-state index contributed by atoms with van der Waals surface area (Å²) in [5.74, 6) is 0. The van der Waals surface area contributed by atoms with Crippen molar-refractivity contribution in [1.29, 1.82) is 0 Å². The first-order valence-electron chi connectivity index (χ1n) is 16.7. The molecule has 0 saturated heterocycles. The molecule has 0 atom stereocenters. The van der Waals surface area contributed by atoms with E-state index in [-0.39, 0.29) is 5.41 Å². The maximum Gasteiger partial charge on any atom is 0.137 e. The zero-order valence-electron chi connectivity index (χ0n) is 26.7. The quantitative estimate of drug-likeness (QED) is 0.190. The number of nitrogens with zero attached hydrogens (tertiary/aromatic N) is 2. The van der Waals surface area contributed by atoms with E-state index in [1.54, 1.807) is 0 Å². The van der Waals surface area contributed by atoms with Crippen LogP contribution in [0.25, 0.3) is 88.1 Å². The molecule has 0 bridgehead atoms. The Morgan fingerprint density at radius 3 is 2.04 bits per heavy atom. The second-order valence-corrected chi connectivity index (χ2v) is 13.7. The fourth-order valence-corrected chi connectivity index (χ4v) is 8.73. The smallest absolute Gasteiger partial charge is 0.137 e. The number of hydrogen-bond acceptors (Lipinski definition) is 1. The minimum Gasteiger partial charge on any atom is -0.456 e. The number of aromatic nitrogens is 2. The Balaban J connectivity index is 1.28. The number of fused-ring (bicyclic) bond motifs is 13. The topological polar surface area (TPSA) is 23.0 Å². The first kappa shape index (κ1) is 26.1. The van der Waals surface area contributed by atoms with Crippen LogP contribution < -0.4 is 0 Å². The summed E-state index contributed by atoms with van der Waals surface area (Å²) in [5, 5.41) is 7.27. The highest BCUT2D eigenvalue weighted by Crippen LogP contribution is 2.50. The van der Waals surface area contributed by atoms with Crippen molar-refractivity contribution in [3.63, 3.8) is 0 Å². The van der Waals surface area contributed by atoms with Crippen LogP contribution in [0.2, 0.25) is 0 Å². The van der Waals surface area contributed by atoms with E-state index in [0.717, 1.165) is 27.6 Å². The number of rotatable bonds is 2. The zero-order valence-corrected chi connectivity index (χ0v) is 26.7. The molecule has 0 radical (unpaired) electrons. The van der Waals surface area contributed by atoms with E-state index < -0.39 is 0 Å². The lowest BCUT2D eigenvalue weighted by atomic mass is 9.82. The van der Waals surface area contributed by atoms with Gasteiger partial charge in [0, 0.05) is 43.7 Å². The molecule has 0 fully saturated rings. The van der Waals surface area contributed by atoms with E-state index in [4.69, 9.17) is 4.42 Å². The van der Waals surface area contributed by atoms with Gasteiger partial charge in [0.05, 0.1) is 27.5 Å². The molecule has 0 saturated carbocycles. The molecule has 10 aromatic rings. The van der Waals surface area contributed by atoms with E-state index in [1.165, 1.54) is 71.6 Å². The molecule has 7 aromatic carbocycles. The van der Waals surface area contributed by atoms with Gasteiger partial charge in [-0.2, -0.15) is 0 Å². The molecule has 3 heterocycles. The summed E-state index contributed by atoms with van der Waals surface area (Å²) in [5.41, 5.74) is 14.3. The summed E-state index contributed by atoms with van der Waals surface area (Å²) in [7, 11) is 0. The van der Waals surface area contributed by atoms with Crippen molar-refractivity contribution in [3.8, 4) is 22.5 Å². The molecule has 226 valence electrons. The molecular formula is C45H30N2O. The summed E-state index contributed by atoms with van der Waals surface area (Å²) in [6.45, 7) is 4.71. The molecule has 3 heteroatoms. The van der Waals surface area contributed by atoms with Crippen LogP contribution >= 0.6 is 0 Å². The Kier molecular flexibility index (Phi) is 4.91. The van der Waals surface area contributed by atoms with Gasteiger partial charge in [0.25, 0.3) is 0 Å². The first-order chi connectivity index (χ1) is 23.6. The third-order valence-corrected chi connectivity index (χ3v) is 10.9. The number of benzene rings is 7. The standard InChI is InChI=1S/C45H30N2O/c1-45(2)36-17-9-6-14-29(36)30-21-20-28(24-37(30)45)46-38-18-10-7-15-31(38)34-25-35-32-22-23-42-43(33-16-8-11-19-41(33)48-42)44(32)47(40(35)26-39(34)46)27-12-4-3-5-13-27/h3-26H,1-2H3. The Bertz CT molecular complexity index is 2970. The molecule has 3 aromatic heterocycles. The van der Waals surface area contributed by atoms with Crippen LogP contribution in [0.15, 0.2) is 150 Å². The summed E-state index contributed by atoms with van der Waals surface area (Å²) < 4.78 is 11.3. The van der Waals surface area contributed by atoms with Gasteiger partial charge >= 0.3 is 0 Å². The second-order valence-electron chi connectivity index (χ2n) is 13.7. The van der Waals surface area contributed by atoms with Crippen molar-refractivity contribution in [1.82, 2.24) is 9.13 Å². The summed E-state index contributed by atoms with van der Waals surface area (Å²) in [6, 6.07) is 53.2. The van der Waals surface area contributed by atoms with Crippen molar-refractivity contribution in [2.75, 3.05) is 0 Å². The van der Waals surface area contributed by atoms with Gasteiger partial charge in [-0.1, -0.05) is 98.8 Å². The molecule has 1 aliphatic carbocycles. The number of hydrogen-bond donors (Lipinski definition) is 0. The highest BCUT2D eigenvalue weighted by molar-refractivity contribution is 6.27. The van der Waals surface area contributed by atoms with Gasteiger partial charge in [0.1, 0.15) is 11.2 Å². The molecule has 3 nitrogen and oxygen atoms in total. The van der Waals surface area contributed by atoms with Crippen molar-refractivity contribution in [2.45, 2.75) is 19.3 Å². The molecule has 0 unspecified atom stereocenters. The lowest BCUT2D eigenvalue weighted by Gasteiger charge is -2.22. The third kappa shape index (κ3) is 3.23. The number of para-hydroxylation sites is 3. The van der Waals surface area contributed by atoms with Crippen molar-refractivity contribution in [2.24, 2.45) is 0 Å². The van der Waals surface area contributed by atoms with Gasteiger partial charge in [-0.05, 0) is 82.9 Å². The molecule has 0 amide bonds. The lowest BCUT2D eigenvalue weighted by molar-refractivity contribution is 0.660. The summed E-state index contributed by atoms with van der Waals surface area (Å²) in [6.07, 6.45) is 0. The molecular weight excluding hydrogens is 585 g/mol. The van der Waals surface area contributed by atoms with Crippen molar-refractivity contribution in [3.05, 3.63) is 157 Å². The Morgan fingerprint density at radius 1 is 0.438 bits per heavy atom. The largest absolute Gasteiger partial charge is 0.456 e. The Labute approximate surface area is 276 Å². The monoisotopic (exact) mass is 614 g/mol. The van der Waals surface area contributed by atoms with Crippen LogP contribution in [0, 0.1) is 0 Å². The fourth-order valence-electron chi connectivity index (χ4n) is 8.73. The molecule has 48 heavy (non-hydrogen) atoms. The van der Waals surface area contributed by atoms with Gasteiger partial charge < -0.3 is 13.6 Å². The molecule has 0 aliphatic heterocycles. The maximum absolute atomic E-state index is 6.40. The van der Waals surface area contributed by atoms with Crippen LogP contribution in [0.4, 0.5) is 0 Å². The predicted octanol–water partition coefficient (Wildman–Crippen LogP) is 12.1. The highest BCUT2D eigenvalue weighted by atomic mass is 16.3. The maximum atomic E-state index is 6.40. The SMILES string of the molecule is CC1(C)c2ccccc2-c2ccc(-n3c4ccccc4c4cc5c6ccc7oc8ccccc8c7c6n(-c6ccccc6)c5cc43)cc21. The average Bonchev–Trinajstić information content (AvgIpc) is 3.83. The van der Waals surface area contributed by atoms with Gasteiger partial charge in [-0.25, -0.2) is 0 Å². The van der Waals surface area contributed by atoms with Crippen molar-refractivity contribution >= 4 is 65.6 Å². The van der Waals surface area contributed by atoms with Crippen LogP contribution in [-0.4, -0.2) is 9.13 Å². The molecule has 1 aliphatic rings. The van der Waals surface area contributed by atoms with Crippen LogP contribution in [0.3, 0.4) is 0 Å². The highest BCUT2D eigenvalue weighted by Gasteiger charge is 2.35. The average molecular weight is 615 g/mol. The van der Waals surface area contributed by atoms with E-state index in [9.17, 15) is 0 Å². The van der Waals surface area contributed by atoms with Crippen LogP contribution in [0.1, 0.15) is 25.0 Å². The zero-order chi connectivity index (χ0) is 31.7. The normalized spacial score (nSPS) is 13.8.